The highest BCUT2D eigenvalue weighted by Crippen LogP contribution is 2.39. The van der Waals surface area contributed by atoms with Crippen LogP contribution in [0.1, 0.15) is 55.5 Å². The van der Waals surface area contributed by atoms with Crippen LogP contribution < -0.4 is 4.74 Å². The SMILES string of the molecule is CCCCCCc1cc(O)c(O)c(C(=O)O)c1OCC. The molecule has 0 fully saturated rings. The fourth-order valence-electron chi connectivity index (χ4n) is 2.13. The van der Waals surface area contributed by atoms with E-state index in [1.807, 2.05) is 0 Å². The van der Waals surface area contributed by atoms with Gasteiger partial charge in [0.25, 0.3) is 0 Å². The van der Waals surface area contributed by atoms with Crippen molar-refractivity contribution in [3.63, 3.8) is 0 Å². The molecule has 0 saturated heterocycles. The number of ether oxygens (including phenoxy) is 1. The van der Waals surface area contributed by atoms with Gasteiger partial charge in [0.15, 0.2) is 11.5 Å². The summed E-state index contributed by atoms with van der Waals surface area (Å²) < 4.78 is 5.37. The maximum Gasteiger partial charge on any atom is 0.343 e. The van der Waals surface area contributed by atoms with Crippen LogP contribution in [-0.2, 0) is 6.42 Å². The molecule has 0 atom stereocenters. The molecule has 0 amide bonds. The number of phenols is 2. The Hall–Kier alpha value is -1.91. The summed E-state index contributed by atoms with van der Waals surface area (Å²) in [5.41, 5.74) is 0.257. The maximum atomic E-state index is 11.2. The van der Waals surface area contributed by atoms with Crippen molar-refractivity contribution in [2.75, 3.05) is 6.61 Å². The van der Waals surface area contributed by atoms with E-state index < -0.39 is 17.5 Å². The summed E-state index contributed by atoms with van der Waals surface area (Å²) in [5.74, 6) is -2.21. The van der Waals surface area contributed by atoms with Crippen molar-refractivity contribution in [1.82, 2.24) is 0 Å². The number of hydrogen-bond acceptors (Lipinski definition) is 4. The summed E-state index contributed by atoms with van der Waals surface area (Å²) in [5, 5.41) is 28.5. The molecule has 20 heavy (non-hydrogen) atoms. The summed E-state index contributed by atoms with van der Waals surface area (Å²) >= 11 is 0. The fourth-order valence-corrected chi connectivity index (χ4v) is 2.13. The minimum absolute atomic E-state index is 0.159. The van der Waals surface area contributed by atoms with Crippen LogP contribution in [0.15, 0.2) is 6.07 Å². The van der Waals surface area contributed by atoms with Crippen LogP contribution in [0.25, 0.3) is 0 Å². The highest BCUT2D eigenvalue weighted by Gasteiger charge is 2.23. The van der Waals surface area contributed by atoms with Gasteiger partial charge < -0.3 is 20.1 Å². The standard InChI is InChI=1S/C15H22O5/c1-3-5-6-7-8-10-9-11(16)13(17)12(15(18)19)14(10)20-4-2/h9,16-17H,3-8H2,1-2H3,(H,18,19). The maximum absolute atomic E-state index is 11.2. The number of aryl methyl sites for hydroxylation is 1. The van der Waals surface area contributed by atoms with Crippen LogP contribution in [0.5, 0.6) is 17.2 Å². The molecule has 0 unspecified atom stereocenters. The molecular formula is C15H22O5. The minimum Gasteiger partial charge on any atom is -0.504 e. The molecule has 0 aromatic heterocycles. The van der Waals surface area contributed by atoms with Gasteiger partial charge in [-0.15, -0.1) is 0 Å². The lowest BCUT2D eigenvalue weighted by Gasteiger charge is -2.15. The monoisotopic (exact) mass is 282 g/mol. The average Bonchev–Trinajstić information content (AvgIpc) is 2.40. The van der Waals surface area contributed by atoms with E-state index in [4.69, 9.17) is 4.74 Å². The fraction of sp³-hybridized carbons (Fsp3) is 0.533. The van der Waals surface area contributed by atoms with Gasteiger partial charge in [-0.3, -0.25) is 0 Å². The zero-order valence-electron chi connectivity index (χ0n) is 12.0. The van der Waals surface area contributed by atoms with Crippen LogP contribution >= 0.6 is 0 Å². The Morgan fingerprint density at radius 3 is 2.45 bits per heavy atom. The first-order chi connectivity index (χ1) is 9.52. The van der Waals surface area contributed by atoms with Crippen molar-refractivity contribution in [3.05, 3.63) is 17.2 Å². The third-order valence-corrected chi connectivity index (χ3v) is 3.11. The molecule has 5 nitrogen and oxygen atoms in total. The molecular weight excluding hydrogens is 260 g/mol. The van der Waals surface area contributed by atoms with Crippen molar-refractivity contribution < 1.29 is 24.9 Å². The highest BCUT2D eigenvalue weighted by atomic mass is 16.5. The van der Waals surface area contributed by atoms with E-state index >= 15 is 0 Å². The van der Waals surface area contributed by atoms with Gasteiger partial charge in [0.2, 0.25) is 0 Å². The van der Waals surface area contributed by atoms with Gasteiger partial charge in [-0.2, -0.15) is 0 Å². The predicted molar refractivity (Wildman–Crippen MR) is 75.7 cm³/mol. The number of hydrogen-bond donors (Lipinski definition) is 3. The summed E-state index contributed by atoms with van der Waals surface area (Å²) in [6.45, 7) is 4.16. The molecule has 0 aliphatic rings. The Morgan fingerprint density at radius 1 is 1.20 bits per heavy atom. The van der Waals surface area contributed by atoms with Crippen molar-refractivity contribution in [2.24, 2.45) is 0 Å². The van der Waals surface area contributed by atoms with Crippen LogP contribution in [-0.4, -0.2) is 27.9 Å². The second-order valence-corrected chi connectivity index (χ2v) is 4.66. The number of carboxylic acids is 1. The second kappa shape index (κ2) is 7.62. The van der Waals surface area contributed by atoms with Crippen LogP contribution in [0, 0.1) is 0 Å². The number of phenolic OH excluding ortho intramolecular Hbond substituents is 1. The highest BCUT2D eigenvalue weighted by molar-refractivity contribution is 5.95. The van der Waals surface area contributed by atoms with Gasteiger partial charge in [0, 0.05) is 0 Å². The molecule has 0 bridgehead atoms. The number of unbranched alkanes of at least 4 members (excludes halogenated alkanes) is 3. The summed E-state index contributed by atoms with van der Waals surface area (Å²) in [6.07, 6.45) is 4.76. The topological polar surface area (TPSA) is 87.0 Å². The number of aromatic hydroxyl groups is 2. The summed E-state index contributed by atoms with van der Waals surface area (Å²) in [7, 11) is 0. The van der Waals surface area contributed by atoms with E-state index in [1.165, 1.54) is 6.07 Å². The van der Waals surface area contributed by atoms with E-state index in [1.54, 1.807) is 6.92 Å². The summed E-state index contributed by atoms with van der Waals surface area (Å²) in [4.78, 5) is 11.2. The number of carboxylic acid groups (broad SMARTS) is 1. The van der Waals surface area contributed by atoms with E-state index in [0.29, 0.717) is 18.6 Å². The number of aromatic carboxylic acids is 1. The molecule has 3 N–H and O–H groups in total. The number of rotatable bonds is 8. The van der Waals surface area contributed by atoms with Gasteiger partial charge >= 0.3 is 5.97 Å². The normalized spacial score (nSPS) is 10.5. The number of benzene rings is 1. The lowest BCUT2D eigenvalue weighted by Crippen LogP contribution is -2.06. The van der Waals surface area contributed by atoms with Crippen LogP contribution in [0.2, 0.25) is 0 Å². The summed E-state index contributed by atoms with van der Waals surface area (Å²) in [6, 6.07) is 1.39. The molecule has 1 rings (SSSR count). The quantitative estimate of drug-likeness (QED) is 0.503. The Balaban J connectivity index is 3.11. The van der Waals surface area contributed by atoms with Crippen molar-refractivity contribution in [2.45, 2.75) is 46.0 Å². The molecule has 1 aromatic rings. The van der Waals surface area contributed by atoms with Gasteiger partial charge in [-0.05, 0) is 31.4 Å². The van der Waals surface area contributed by atoms with Crippen molar-refractivity contribution in [1.29, 1.82) is 0 Å². The van der Waals surface area contributed by atoms with Gasteiger partial charge in [-0.1, -0.05) is 26.2 Å². The molecule has 0 aliphatic carbocycles. The molecule has 0 aliphatic heterocycles. The molecule has 0 heterocycles. The first kappa shape index (κ1) is 16.1. The predicted octanol–water partition coefficient (Wildman–Crippen LogP) is 3.32. The lowest BCUT2D eigenvalue weighted by atomic mass is 10.0. The molecule has 112 valence electrons. The first-order valence-electron chi connectivity index (χ1n) is 6.96. The van der Waals surface area contributed by atoms with E-state index in [2.05, 4.69) is 6.92 Å². The lowest BCUT2D eigenvalue weighted by molar-refractivity contribution is 0.0688. The molecule has 0 saturated carbocycles. The smallest absolute Gasteiger partial charge is 0.343 e. The Morgan fingerprint density at radius 2 is 1.90 bits per heavy atom. The number of carbonyl (C=O) groups is 1. The first-order valence-corrected chi connectivity index (χ1v) is 6.96. The largest absolute Gasteiger partial charge is 0.504 e. The van der Waals surface area contributed by atoms with Crippen molar-refractivity contribution in [3.8, 4) is 17.2 Å². The zero-order chi connectivity index (χ0) is 15.1. The minimum atomic E-state index is -1.31. The Labute approximate surface area is 118 Å². The third kappa shape index (κ3) is 3.79. The van der Waals surface area contributed by atoms with Crippen molar-refractivity contribution >= 4 is 5.97 Å². The van der Waals surface area contributed by atoms with E-state index in [9.17, 15) is 20.1 Å². The molecule has 0 spiro atoms. The molecule has 0 radical (unpaired) electrons. The van der Waals surface area contributed by atoms with Crippen LogP contribution in [0.3, 0.4) is 0 Å². The van der Waals surface area contributed by atoms with E-state index in [0.717, 1.165) is 25.7 Å². The zero-order valence-corrected chi connectivity index (χ0v) is 12.0. The Kier molecular flexibility index (Phi) is 6.15. The second-order valence-electron chi connectivity index (χ2n) is 4.66. The van der Waals surface area contributed by atoms with Gasteiger partial charge in [0.1, 0.15) is 11.3 Å². The molecule has 5 heteroatoms. The van der Waals surface area contributed by atoms with Crippen LogP contribution in [0.4, 0.5) is 0 Å². The Bertz CT molecular complexity index is 468. The average molecular weight is 282 g/mol. The third-order valence-electron chi connectivity index (χ3n) is 3.11. The molecule has 1 aromatic carbocycles. The van der Waals surface area contributed by atoms with E-state index in [-0.39, 0.29) is 11.3 Å². The van der Waals surface area contributed by atoms with Gasteiger partial charge in [-0.25, -0.2) is 4.79 Å². The van der Waals surface area contributed by atoms with Gasteiger partial charge in [0.05, 0.1) is 6.61 Å².